The number of allylic oxidation sites excluding steroid dienone is 1. The summed E-state index contributed by atoms with van der Waals surface area (Å²) in [6, 6.07) is 0. The van der Waals surface area contributed by atoms with E-state index in [-0.39, 0.29) is 5.91 Å². The summed E-state index contributed by atoms with van der Waals surface area (Å²) in [7, 11) is 0. The van der Waals surface area contributed by atoms with Gasteiger partial charge < -0.3 is 5.32 Å². The number of carbonyl (C=O) groups excluding carboxylic acids is 1. The van der Waals surface area contributed by atoms with E-state index < -0.39 is 0 Å². The molecule has 0 aliphatic heterocycles. The summed E-state index contributed by atoms with van der Waals surface area (Å²) in [6.07, 6.45) is 9.13. The van der Waals surface area contributed by atoms with Crippen molar-refractivity contribution in [1.82, 2.24) is 5.32 Å². The summed E-state index contributed by atoms with van der Waals surface area (Å²) in [5.74, 6) is 0.142. The van der Waals surface area contributed by atoms with Crippen molar-refractivity contribution in [2.45, 2.75) is 58.3 Å². The molecule has 0 heterocycles. The summed E-state index contributed by atoms with van der Waals surface area (Å²) >= 11 is 3.51. The summed E-state index contributed by atoms with van der Waals surface area (Å²) in [4.78, 5) is 11.8. The van der Waals surface area contributed by atoms with E-state index in [2.05, 4.69) is 28.2 Å². The average Bonchev–Trinajstić information content (AvgIpc) is 2.29. The third-order valence-electron chi connectivity index (χ3n) is 2.99. The molecule has 0 saturated heterocycles. The lowest BCUT2D eigenvalue weighted by Crippen LogP contribution is -2.27. The van der Waals surface area contributed by atoms with E-state index >= 15 is 0 Å². The molecule has 2 nitrogen and oxygen atoms in total. The van der Waals surface area contributed by atoms with Crippen LogP contribution in [-0.2, 0) is 4.79 Å². The summed E-state index contributed by atoms with van der Waals surface area (Å²) < 4.78 is 1.12. The van der Waals surface area contributed by atoms with E-state index in [1.165, 1.54) is 25.7 Å². The van der Waals surface area contributed by atoms with Crippen LogP contribution in [0, 0.1) is 0 Å². The second kappa shape index (κ2) is 7.88. The lowest BCUT2D eigenvalue weighted by molar-refractivity contribution is -0.117. The molecule has 0 saturated carbocycles. The van der Waals surface area contributed by atoms with E-state index in [1.54, 1.807) is 0 Å². The van der Waals surface area contributed by atoms with Crippen LogP contribution in [-0.4, -0.2) is 12.5 Å². The van der Waals surface area contributed by atoms with Crippen molar-refractivity contribution in [2.24, 2.45) is 0 Å². The first-order valence-electron chi connectivity index (χ1n) is 6.41. The maximum atomic E-state index is 11.8. The molecule has 92 valence electrons. The lowest BCUT2D eigenvalue weighted by atomic mass is 9.99. The molecule has 3 heteroatoms. The Bertz CT molecular complexity index is 261. The number of carbonyl (C=O) groups is 1. The van der Waals surface area contributed by atoms with Gasteiger partial charge >= 0.3 is 0 Å². The van der Waals surface area contributed by atoms with E-state index in [9.17, 15) is 4.79 Å². The Labute approximate surface area is 107 Å². The monoisotopic (exact) mass is 287 g/mol. The van der Waals surface area contributed by atoms with E-state index in [0.717, 1.165) is 42.3 Å². The predicted molar refractivity (Wildman–Crippen MR) is 71.6 cm³/mol. The van der Waals surface area contributed by atoms with Crippen molar-refractivity contribution in [2.75, 3.05) is 6.54 Å². The van der Waals surface area contributed by atoms with Gasteiger partial charge in [-0.05, 0) is 32.1 Å². The summed E-state index contributed by atoms with van der Waals surface area (Å²) in [6.45, 7) is 3.02. The van der Waals surface area contributed by atoms with Gasteiger partial charge in [0.2, 0.25) is 5.91 Å². The van der Waals surface area contributed by atoms with Gasteiger partial charge in [-0.3, -0.25) is 4.79 Å². The van der Waals surface area contributed by atoms with Crippen LogP contribution in [0.1, 0.15) is 58.3 Å². The summed E-state index contributed by atoms with van der Waals surface area (Å²) in [5, 5.41) is 3.01. The Hall–Kier alpha value is -0.310. The molecule has 0 radical (unpaired) electrons. The van der Waals surface area contributed by atoms with E-state index in [4.69, 9.17) is 0 Å². The van der Waals surface area contributed by atoms with Crippen LogP contribution in [0.3, 0.4) is 0 Å². The number of rotatable bonds is 6. The second-order valence-electron chi connectivity index (χ2n) is 4.41. The minimum Gasteiger partial charge on any atom is -0.352 e. The standard InChI is InChI=1S/C13H22BrNO/c1-2-3-4-7-10-15-13(16)11-8-5-6-9-12(11)14/h2-10H2,1H3,(H,15,16). The molecule has 0 spiro atoms. The molecule has 16 heavy (non-hydrogen) atoms. The molecule has 1 amide bonds. The number of hydrogen-bond acceptors (Lipinski definition) is 1. The Kier molecular flexibility index (Phi) is 6.78. The van der Waals surface area contributed by atoms with Crippen LogP contribution in [0.2, 0.25) is 0 Å². The Balaban J connectivity index is 2.24. The first kappa shape index (κ1) is 13.8. The molecule has 0 aromatic carbocycles. The zero-order valence-corrected chi connectivity index (χ0v) is 11.7. The number of hydrogen-bond donors (Lipinski definition) is 1. The van der Waals surface area contributed by atoms with Crippen LogP contribution in [0.25, 0.3) is 0 Å². The number of nitrogens with one attached hydrogen (secondary N) is 1. The average molecular weight is 288 g/mol. The Morgan fingerprint density at radius 3 is 2.69 bits per heavy atom. The van der Waals surface area contributed by atoms with E-state index in [0.29, 0.717) is 0 Å². The topological polar surface area (TPSA) is 29.1 Å². The van der Waals surface area contributed by atoms with Gasteiger partial charge in [-0.25, -0.2) is 0 Å². The van der Waals surface area contributed by atoms with Crippen molar-refractivity contribution < 1.29 is 4.79 Å². The van der Waals surface area contributed by atoms with Gasteiger partial charge in [0, 0.05) is 16.6 Å². The van der Waals surface area contributed by atoms with Crippen molar-refractivity contribution >= 4 is 21.8 Å². The molecule has 1 rings (SSSR count). The quantitative estimate of drug-likeness (QED) is 0.738. The molecule has 1 aliphatic rings. The van der Waals surface area contributed by atoms with Gasteiger partial charge in [-0.2, -0.15) is 0 Å². The minimum atomic E-state index is 0.142. The lowest BCUT2D eigenvalue weighted by Gasteiger charge is -2.15. The van der Waals surface area contributed by atoms with Crippen molar-refractivity contribution in [1.29, 1.82) is 0 Å². The molecule has 0 fully saturated rings. The Morgan fingerprint density at radius 2 is 2.00 bits per heavy atom. The molecule has 0 aromatic heterocycles. The maximum absolute atomic E-state index is 11.8. The fourth-order valence-electron chi connectivity index (χ4n) is 1.97. The molecule has 1 N–H and O–H groups in total. The number of halogens is 1. The molecular weight excluding hydrogens is 266 g/mol. The second-order valence-corrected chi connectivity index (χ2v) is 5.36. The SMILES string of the molecule is CCCCCCNC(=O)C1=C(Br)CCCC1. The molecule has 1 aliphatic carbocycles. The van der Waals surface area contributed by atoms with Crippen LogP contribution in [0.5, 0.6) is 0 Å². The fraction of sp³-hybridized carbons (Fsp3) is 0.769. The van der Waals surface area contributed by atoms with Crippen molar-refractivity contribution in [3.63, 3.8) is 0 Å². The molecular formula is C13H22BrNO. The largest absolute Gasteiger partial charge is 0.352 e. The zero-order valence-electron chi connectivity index (χ0n) is 10.2. The number of unbranched alkanes of at least 4 members (excludes halogenated alkanes) is 3. The Morgan fingerprint density at radius 1 is 1.25 bits per heavy atom. The smallest absolute Gasteiger partial charge is 0.248 e. The van der Waals surface area contributed by atoms with Gasteiger partial charge in [0.25, 0.3) is 0 Å². The highest BCUT2D eigenvalue weighted by Gasteiger charge is 2.16. The van der Waals surface area contributed by atoms with E-state index in [1.807, 2.05) is 0 Å². The molecule has 0 unspecified atom stereocenters. The van der Waals surface area contributed by atoms with Gasteiger partial charge in [0.05, 0.1) is 0 Å². The number of amides is 1. The van der Waals surface area contributed by atoms with Crippen LogP contribution in [0.4, 0.5) is 0 Å². The third kappa shape index (κ3) is 4.69. The zero-order chi connectivity index (χ0) is 11.8. The van der Waals surface area contributed by atoms with Crippen molar-refractivity contribution in [3.05, 3.63) is 10.1 Å². The summed E-state index contributed by atoms with van der Waals surface area (Å²) in [5.41, 5.74) is 0.974. The van der Waals surface area contributed by atoms with Gasteiger partial charge in [-0.1, -0.05) is 42.1 Å². The highest BCUT2D eigenvalue weighted by Crippen LogP contribution is 2.28. The van der Waals surface area contributed by atoms with Crippen LogP contribution < -0.4 is 5.32 Å². The highest BCUT2D eigenvalue weighted by atomic mass is 79.9. The fourth-order valence-corrected chi connectivity index (χ4v) is 2.62. The predicted octanol–water partition coefficient (Wildman–Crippen LogP) is 3.91. The molecule has 0 bridgehead atoms. The molecule has 0 atom stereocenters. The van der Waals surface area contributed by atoms with Gasteiger partial charge in [0.1, 0.15) is 0 Å². The minimum absolute atomic E-state index is 0.142. The van der Waals surface area contributed by atoms with Gasteiger partial charge in [0.15, 0.2) is 0 Å². The maximum Gasteiger partial charge on any atom is 0.248 e. The van der Waals surface area contributed by atoms with Gasteiger partial charge in [-0.15, -0.1) is 0 Å². The van der Waals surface area contributed by atoms with Crippen LogP contribution in [0.15, 0.2) is 10.1 Å². The first-order valence-corrected chi connectivity index (χ1v) is 7.20. The molecule has 0 aromatic rings. The van der Waals surface area contributed by atoms with Crippen LogP contribution >= 0.6 is 15.9 Å². The first-order chi connectivity index (χ1) is 7.75. The van der Waals surface area contributed by atoms with Crippen molar-refractivity contribution in [3.8, 4) is 0 Å². The normalized spacial score (nSPS) is 16.4. The highest BCUT2D eigenvalue weighted by molar-refractivity contribution is 9.11. The third-order valence-corrected chi connectivity index (χ3v) is 3.87.